The van der Waals surface area contributed by atoms with Crippen molar-refractivity contribution in [2.24, 2.45) is 0 Å². The Morgan fingerprint density at radius 1 is 1.00 bits per heavy atom. The zero-order valence-corrected chi connectivity index (χ0v) is 17.5. The van der Waals surface area contributed by atoms with Crippen LogP contribution in [0, 0.1) is 0 Å². The molecule has 4 rings (SSSR count). The number of aromatic nitrogens is 2. The molecule has 2 aromatic carbocycles. The molecule has 0 fully saturated rings. The van der Waals surface area contributed by atoms with E-state index in [9.17, 15) is 4.79 Å². The van der Waals surface area contributed by atoms with Gasteiger partial charge in [0.15, 0.2) is 0 Å². The highest BCUT2D eigenvalue weighted by Gasteiger charge is 2.32. The SMILES string of the molecule is CCCCOC(=O)N1CCc2nc(-c3ccccc3)c(-c3ccccc3)nc2C1C. The first-order chi connectivity index (χ1) is 14.7. The summed E-state index contributed by atoms with van der Waals surface area (Å²) in [6.07, 6.45) is 2.28. The van der Waals surface area contributed by atoms with Gasteiger partial charge in [0.05, 0.1) is 35.4 Å². The summed E-state index contributed by atoms with van der Waals surface area (Å²) in [6, 6.07) is 20.1. The average Bonchev–Trinajstić information content (AvgIpc) is 2.80. The van der Waals surface area contributed by atoms with Crippen LogP contribution in [0.1, 0.15) is 44.1 Å². The molecule has 1 amide bonds. The smallest absolute Gasteiger partial charge is 0.410 e. The minimum Gasteiger partial charge on any atom is -0.449 e. The zero-order chi connectivity index (χ0) is 20.9. The van der Waals surface area contributed by atoms with Crippen molar-refractivity contribution in [2.45, 2.75) is 39.2 Å². The maximum atomic E-state index is 12.6. The summed E-state index contributed by atoms with van der Waals surface area (Å²) in [6.45, 7) is 5.13. The molecule has 0 N–H and O–H groups in total. The molecular formula is C25H27N3O2. The summed E-state index contributed by atoms with van der Waals surface area (Å²) in [4.78, 5) is 24.5. The molecule has 5 heteroatoms. The Kier molecular flexibility index (Phi) is 6.07. The Labute approximate surface area is 177 Å². The molecule has 1 aromatic heterocycles. The molecule has 5 nitrogen and oxygen atoms in total. The molecule has 0 saturated carbocycles. The standard InChI is InChI=1S/C25H27N3O2/c1-3-4-17-30-25(29)28-16-15-21-22(18(28)2)27-24(20-13-9-6-10-14-20)23(26-21)19-11-7-5-8-12-19/h5-14,18H,3-4,15-17H2,1-2H3. The highest BCUT2D eigenvalue weighted by atomic mass is 16.6. The van der Waals surface area contributed by atoms with Crippen LogP contribution >= 0.6 is 0 Å². The largest absolute Gasteiger partial charge is 0.449 e. The summed E-state index contributed by atoms with van der Waals surface area (Å²) >= 11 is 0. The van der Waals surface area contributed by atoms with E-state index >= 15 is 0 Å². The van der Waals surface area contributed by atoms with E-state index in [-0.39, 0.29) is 12.1 Å². The summed E-state index contributed by atoms with van der Waals surface area (Å²) in [5.74, 6) is 0. The van der Waals surface area contributed by atoms with E-state index in [0.717, 1.165) is 46.7 Å². The fourth-order valence-electron chi connectivity index (χ4n) is 3.80. The Morgan fingerprint density at radius 2 is 1.60 bits per heavy atom. The lowest BCUT2D eigenvalue weighted by molar-refractivity contribution is 0.0836. The molecule has 154 valence electrons. The third-order valence-corrected chi connectivity index (χ3v) is 5.50. The van der Waals surface area contributed by atoms with Crippen LogP contribution in [0.3, 0.4) is 0 Å². The second-order valence-electron chi connectivity index (χ2n) is 7.57. The zero-order valence-electron chi connectivity index (χ0n) is 17.5. The summed E-state index contributed by atoms with van der Waals surface area (Å²) in [5.41, 5.74) is 5.59. The van der Waals surface area contributed by atoms with Crippen molar-refractivity contribution in [1.29, 1.82) is 0 Å². The van der Waals surface area contributed by atoms with E-state index in [1.165, 1.54) is 0 Å². The summed E-state index contributed by atoms with van der Waals surface area (Å²) in [7, 11) is 0. The topological polar surface area (TPSA) is 55.3 Å². The second kappa shape index (κ2) is 9.08. The average molecular weight is 402 g/mol. The van der Waals surface area contributed by atoms with Crippen molar-refractivity contribution in [1.82, 2.24) is 14.9 Å². The highest BCUT2D eigenvalue weighted by molar-refractivity contribution is 5.78. The molecule has 1 unspecified atom stereocenters. The number of unbranched alkanes of at least 4 members (excludes halogenated alkanes) is 1. The van der Waals surface area contributed by atoms with Gasteiger partial charge in [-0.2, -0.15) is 0 Å². The molecule has 30 heavy (non-hydrogen) atoms. The van der Waals surface area contributed by atoms with E-state index in [0.29, 0.717) is 19.6 Å². The van der Waals surface area contributed by atoms with E-state index in [1.54, 1.807) is 4.90 Å². The Bertz CT molecular complexity index is 1010. The van der Waals surface area contributed by atoms with E-state index in [1.807, 2.05) is 55.5 Å². The molecule has 0 radical (unpaired) electrons. The fourth-order valence-corrected chi connectivity index (χ4v) is 3.80. The highest BCUT2D eigenvalue weighted by Crippen LogP contribution is 2.35. The van der Waals surface area contributed by atoms with Gasteiger partial charge < -0.3 is 4.74 Å². The van der Waals surface area contributed by atoms with Crippen molar-refractivity contribution in [3.05, 3.63) is 72.1 Å². The lowest BCUT2D eigenvalue weighted by Crippen LogP contribution is -2.40. The van der Waals surface area contributed by atoms with Crippen LogP contribution in [-0.2, 0) is 11.2 Å². The molecular weight excluding hydrogens is 374 g/mol. The Balaban J connectivity index is 1.74. The van der Waals surface area contributed by atoms with Crippen LogP contribution < -0.4 is 0 Å². The first-order valence-corrected chi connectivity index (χ1v) is 10.6. The van der Waals surface area contributed by atoms with Gasteiger partial charge in [-0.1, -0.05) is 74.0 Å². The van der Waals surface area contributed by atoms with Crippen molar-refractivity contribution in [2.75, 3.05) is 13.2 Å². The molecule has 1 aliphatic heterocycles. The van der Waals surface area contributed by atoms with Gasteiger partial charge in [0.1, 0.15) is 0 Å². The fraction of sp³-hybridized carbons (Fsp3) is 0.320. The predicted molar refractivity (Wildman–Crippen MR) is 118 cm³/mol. The normalized spacial score (nSPS) is 15.5. The van der Waals surface area contributed by atoms with E-state index < -0.39 is 0 Å². The number of carbonyl (C=O) groups excluding carboxylic acids is 1. The number of carbonyl (C=O) groups is 1. The van der Waals surface area contributed by atoms with Crippen molar-refractivity contribution >= 4 is 6.09 Å². The number of hydrogen-bond acceptors (Lipinski definition) is 4. The molecule has 0 spiro atoms. The third kappa shape index (κ3) is 4.06. The quantitative estimate of drug-likeness (QED) is 0.517. The van der Waals surface area contributed by atoms with E-state index in [4.69, 9.17) is 14.7 Å². The van der Waals surface area contributed by atoms with Crippen molar-refractivity contribution < 1.29 is 9.53 Å². The lowest BCUT2D eigenvalue weighted by atomic mass is 9.99. The Hall–Kier alpha value is -3.21. The van der Waals surface area contributed by atoms with Crippen LogP contribution in [0.15, 0.2) is 60.7 Å². The van der Waals surface area contributed by atoms with Crippen LogP contribution in [-0.4, -0.2) is 34.1 Å². The first-order valence-electron chi connectivity index (χ1n) is 10.6. The van der Waals surface area contributed by atoms with Gasteiger partial charge in [-0.15, -0.1) is 0 Å². The molecule has 1 aliphatic rings. The van der Waals surface area contributed by atoms with Gasteiger partial charge in [0.25, 0.3) is 0 Å². The second-order valence-corrected chi connectivity index (χ2v) is 7.57. The van der Waals surface area contributed by atoms with E-state index in [2.05, 4.69) is 19.1 Å². The molecule has 0 aliphatic carbocycles. The van der Waals surface area contributed by atoms with Crippen LogP contribution in [0.5, 0.6) is 0 Å². The predicted octanol–water partition coefficient (Wildman–Crippen LogP) is 5.67. The summed E-state index contributed by atoms with van der Waals surface area (Å²) < 4.78 is 5.45. The molecule has 0 saturated heterocycles. The number of amides is 1. The molecule has 2 heterocycles. The van der Waals surface area contributed by atoms with Gasteiger partial charge in [0.2, 0.25) is 0 Å². The third-order valence-electron chi connectivity index (χ3n) is 5.50. The van der Waals surface area contributed by atoms with Crippen molar-refractivity contribution in [3.63, 3.8) is 0 Å². The van der Waals surface area contributed by atoms with Crippen molar-refractivity contribution in [3.8, 4) is 22.5 Å². The van der Waals surface area contributed by atoms with Gasteiger partial charge in [-0.3, -0.25) is 4.90 Å². The number of nitrogens with zero attached hydrogens (tertiary/aromatic N) is 3. The Morgan fingerprint density at radius 3 is 2.20 bits per heavy atom. The number of ether oxygens (including phenoxy) is 1. The van der Waals surface area contributed by atoms with Gasteiger partial charge in [-0.05, 0) is 13.3 Å². The molecule has 0 bridgehead atoms. The number of fused-ring (bicyclic) bond motifs is 1. The number of hydrogen-bond donors (Lipinski definition) is 0. The summed E-state index contributed by atoms with van der Waals surface area (Å²) in [5, 5.41) is 0. The van der Waals surface area contributed by atoms with Gasteiger partial charge >= 0.3 is 6.09 Å². The molecule has 3 aromatic rings. The minimum absolute atomic E-state index is 0.178. The minimum atomic E-state index is -0.267. The number of rotatable bonds is 5. The first kappa shape index (κ1) is 20.1. The molecule has 1 atom stereocenters. The monoisotopic (exact) mass is 401 g/mol. The number of benzene rings is 2. The van der Waals surface area contributed by atoms with Gasteiger partial charge in [0, 0.05) is 24.1 Å². The maximum absolute atomic E-state index is 12.6. The van der Waals surface area contributed by atoms with Gasteiger partial charge in [-0.25, -0.2) is 14.8 Å². The lowest BCUT2D eigenvalue weighted by Gasteiger charge is -2.33. The van der Waals surface area contributed by atoms with Crippen LogP contribution in [0.25, 0.3) is 22.5 Å². The van der Waals surface area contributed by atoms with Crippen LogP contribution in [0.4, 0.5) is 4.79 Å². The maximum Gasteiger partial charge on any atom is 0.410 e. The van der Waals surface area contributed by atoms with Crippen LogP contribution in [0.2, 0.25) is 0 Å².